The van der Waals surface area contributed by atoms with Gasteiger partial charge in [-0.25, -0.2) is 9.59 Å². The molecular formula is C18H31N5O4. The zero-order chi connectivity index (χ0) is 19.8. The van der Waals surface area contributed by atoms with E-state index in [1.807, 2.05) is 0 Å². The van der Waals surface area contributed by atoms with Gasteiger partial charge < -0.3 is 20.7 Å². The van der Waals surface area contributed by atoms with Crippen molar-refractivity contribution in [2.45, 2.75) is 20.8 Å². The third-order valence-electron chi connectivity index (χ3n) is 4.50. The van der Waals surface area contributed by atoms with Crippen LogP contribution < -0.4 is 16.0 Å². The lowest BCUT2D eigenvalue weighted by molar-refractivity contribution is -0.138. The molecule has 9 nitrogen and oxygen atoms in total. The van der Waals surface area contributed by atoms with Crippen molar-refractivity contribution in [3.8, 4) is 0 Å². The predicted molar refractivity (Wildman–Crippen MR) is 101 cm³/mol. The lowest BCUT2D eigenvalue weighted by atomic mass is 10.1. The van der Waals surface area contributed by atoms with E-state index in [2.05, 4.69) is 39.6 Å². The van der Waals surface area contributed by atoms with E-state index >= 15 is 0 Å². The van der Waals surface area contributed by atoms with Gasteiger partial charge in [-0.15, -0.1) is 0 Å². The molecule has 3 amide bonds. The quantitative estimate of drug-likeness (QED) is 0.490. The number of esters is 1. The maximum absolute atomic E-state index is 12.1. The summed E-state index contributed by atoms with van der Waals surface area (Å²) in [6, 6.07) is -0.307. The molecule has 1 fully saturated rings. The number of amides is 3. The lowest BCUT2D eigenvalue weighted by Gasteiger charge is -2.35. The van der Waals surface area contributed by atoms with Crippen LogP contribution in [0.3, 0.4) is 0 Å². The lowest BCUT2D eigenvalue weighted by Crippen LogP contribution is -2.52. The highest BCUT2D eigenvalue weighted by Crippen LogP contribution is 2.11. The summed E-state index contributed by atoms with van der Waals surface area (Å²) in [4.78, 5) is 40.0. The van der Waals surface area contributed by atoms with Gasteiger partial charge >= 0.3 is 12.0 Å². The molecule has 152 valence electrons. The van der Waals surface area contributed by atoms with Crippen LogP contribution in [0.25, 0.3) is 0 Å². The maximum Gasteiger partial charge on any atom is 0.337 e. The topological polar surface area (TPSA) is 103 Å². The SMILES string of the molecule is CCOC(=O)C1=C(CN2CCN(CC(=O)NCC(C)C)CC2)NC(=O)NC1. The fourth-order valence-electron chi connectivity index (χ4n) is 2.99. The minimum Gasteiger partial charge on any atom is -0.463 e. The van der Waals surface area contributed by atoms with Crippen molar-refractivity contribution in [3.63, 3.8) is 0 Å². The fraction of sp³-hybridized carbons (Fsp3) is 0.722. The Morgan fingerprint density at radius 2 is 1.85 bits per heavy atom. The maximum atomic E-state index is 12.1. The molecule has 0 spiro atoms. The van der Waals surface area contributed by atoms with Crippen LogP contribution in [0.15, 0.2) is 11.3 Å². The number of hydrogen-bond donors (Lipinski definition) is 3. The average Bonchev–Trinajstić information content (AvgIpc) is 2.62. The second-order valence-electron chi connectivity index (χ2n) is 7.24. The Labute approximate surface area is 160 Å². The monoisotopic (exact) mass is 381 g/mol. The van der Waals surface area contributed by atoms with Crippen LogP contribution >= 0.6 is 0 Å². The first kappa shape index (κ1) is 21.2. The highest BCUT2D eigenvalue weighted by molar-refractivity contribution is 5.93. The smallest absolute Gasteiger partial charge is 0.337 e. The summed E-state index contributed by atoms with van der Waals surface area (Å²) in [5.74, 6) is 0.0865. The largest absolute Gasteiger partial charge is 0.463 e. The van der Waals surface area contributed by atoms with Gasteiger partial charge in [-0.05, 0) is 12.8 Å². The molecule has 0 aromatic heterocycles. The zero-order valence-electron chi connectivity index (χ0n) is 16.5. The van der Waals surface area contributed by atoms with Crippen LogP contribution in [0.1, 0.15) is 20.8 Å². The standard InChI is InChI=1S/C18H31N5O4/c1-4-27-17(25)14-10-20-18(26)21-15(14)11-22-5-7-23(8-6-22)12-16(24)19-9-13(2)3/h13H,4-12H2,1-3H3,(H,19,24)(H2,20,21,26). The van der Waals surface area contributed by atoms with Crippen molar-refractivity contribution >= 4 is 17.9 Å². The van der Waals surface area contributed by atoms with Crippen LogP contribution in [0.4, 0.5) is 4.79 Å². The minimum atomic E-state index is -0.402. The molecule has 0 unspecified atom stereocenters. The summed E-state index contributed by atoms with van der Waals surface area (Å²) in [6.45, 7) is 11.0. The van der Waals surface area contributed by atoms with Crippen LogP contribution in [0.5, 0.6) is 0 Å². The van der Waals surface area contributed by atoms with Gasteiger partial charge in [0.25, 0.3) is 0 Å². The van der Waals surface area contributed by atoms with E-state index in [0.717, 1.165) is 26.2 Å². The Bertz CT molecular complexity index is 582. The highest BCUT2D eigenvalue weighted by atomic mass is 16.5. The second kappa shape index (κ2) is 10.3. The third-order valence-corrected chi connectivity index (χ3v) is 4.50. The molecule has 0 bridgehead atoms. The van der Waals surface area contributed by atoms with Gasteiger partial charge in [0.1, 0.15) is 0 Å². The van der Waals surface area contributed by atoms with Gasteiger partial charge in [0.2, 0.25) is 5.91 Å². The Kier molecular flexibility index (Phi) is 8.05. The van der Waals surface area contributed by atoms with Gasteiger partial charge in [0.05, 0.1) is 25.3 Å². The summed E-state index contributed by atoms with van der Waals surface area (Å²) >= 11 is 0. The number of nitrogens with one attached hydrogen (secondary N) is 3. The normalized spacial score (nSPS) is 18.9. The number of carbonyl (C=O) groups is 3. The van der Waals surface area contributed by atoms with E-state index in [-0.39, 0.29) is 18.5 Å². The molecule has 2 heterocycles. The molecule has 3 N–H and O–H groups in total. The van der Waals surface area contributed by atoms with Crippen molar-refractivity contribution in [1.29, 1.82) is 0 Å². The number of ether oxygens (including phenoxy) is 1. The Balaban J connectivity index is 1.85. The van der Waals surface area contributed by atoms with E-state index in [1.54, 1.807) is 6.92 Å². The van der Waals surface area contributed by atoms with E-state index < -0.39 is 5.97 Å². The fourth-order valence-corrected chi connectivity index (χ4v) is 2.99. The van der Waals surface area contributed by atoms with E-state index in [9.17, 15) is 14.4 Å². The first-order valence-electron chi connectivity index (χ1n) is 9.54. The molecule has 2 rings (SSSR count). The van der Waals surface area contributed by atoms with Crippen LogP contribution in [0.2, 0.25) is 0 Å². The molecule has 0 aromatic carbocycles. The van der Waals surface area contributed by atoms with E-state index in [0.29, 0.717) is 43.4 Å². The molecule has 27 heavy (non-hydrogen) atoms. The van der Waals surface area contributed by atoms with Crippen LogP contribution in [0, 0.1) is 5.92 Å². The molecule has 0 saturated carbocycles. The van der Waals surface area contributed by atoms with Crippen molar-refractivity contribution in [1.82, 2.24) is 25.8 Å². The van der Waals surface area contributed by atoms with Gasteiger partial charge in [-0.3, -0.25) is 14.6 Å². The molecule has 2 aliphatic rings. The summed E-state index contributed by atoms with van der Waals surface area (Å²) < 4.78 is 5.08. The molecular weight excluding hydrogens is 350 g/mol. The third kappa shape index (κ3) is 6.84. The molecule has 1 saturated heterocycles. The number of carbonyl (C=O) groups excluding carboxylic acids is 3. The van der Waals surface area contributed by atoms with Crippen molar-refractivity contribution < 1.29 is 19.1 Å². The van der Waals surface area contributed by atoms with Gasteiger partial charge in [-0.2, -0.15) is 0 Å². The predicted octanol–water partition coefficient (Wildman–Crippen LogP) is -0.494. The number of nitrogens with zero attached hydrogens (tertiary/aromatic N) is 2. The first-order valence-corrected chi connectivity index (χ1v) is 9.54. The zero-order valence-corrected chi connectivity index (χ0v) is 16.5. The number of piperazine rings is 1. The number of urea groups is 1. The summed E-state index contributed by atoms with van der Waals surface area (Å²) in [7, 11) is 0. The Morgan fingerprint density at radius 3 is 2.48 bits per heavy atom. The van der Waals surface area contributed by atoms with Crippen molar-refractivity contribution in [2.75, 3.05) is 59.0 Å². The second-order valence-corrected chi connectivity index (χ2v) is 7.24. The average molecular weight is 381 g/mol. The van der Waals surface area contributed by atoms with E-state index in [4.69, 9.17) is 4.74 Å². The highest BCUT2D eigenvalue weighted by Gasteiger charge is 2.26. The molecule has 2 aliphatic heterocycles. The van der Waals surface area contributed by atoms with Crippen molar-refractivity contribution in [2.24, 2.45) is 5.92 Å². The molecule has 0 radical (unpaired) electrons. The van der Waals surface area contributed by atoms with E-state index in [1.165, 1.54) is 0 Å². The summed E-state index contributed by atoms with van der Waals surface area (Å²) in [5, 5.41) is 8.27. The van der Waals surface area contributed by atoms with Crippen molar-refractivity contribution in [3.05, 3.63) is 11.3 Å². The molecule has 0 aliphatic carbocycles. The van der Waals surface area contributed by atoms with Crippen LogP contribution in [-0.4, -0.2) is 86.7 Å². The first-order chi connectivity index (χ1) is 12.9. The van der Waals surface area contributed by atoms with Gasteiger partial charge in [0.15, 0.2) is 0 Å². The Hall–Kier alpha value is -2.13. The van der Waals surface area contributed by atoms with Gasteiger partial charge in [-0.1, -0.05) is 13.8 Å². The van der Waals surface area contributed by atoms with Gasteiger partial charge in [0, 0.05) is 45.0 Å². The Morgan fingerprint density at radius 1 is 1.19 bits per heavy atom. The minimum absolute atomic E-state index is 0.0510. The number of hydrogen-bond acceptors (Lipinski definition) is 6. The summed E-state index contributed by atoms with van der Waals surface area (Å²) in [5.41, 5.74) is 1.06. The van der Waals surface area contributed by atoms with Crippen LogP contribution in [-0.2, 0) is 14.3 Å². The summed E-state index contributed by atoms with van der Waals surface area (Å²) in [6.07, 6.45) is 0. The number of rotatable bonds is 8. The molecule has 9 heteroatoms. The molecule has 0 aromatic rings. The molecule has 0 atom stereocenters.